The molecule has 0 radical (unpaired) electrons. The van der Waals surface area contributed by atoms with Crippen molar-refractivity contribution in [1.29, 1.82) is 0 Å². The van der Waals surface area contributed by atoms with E-state index in [0.717, 1.165) is 31.1 Å². The molecule has 1 aromatic heterocycles. The van der Waals surface area contributed by atoms with Crippen LogP contribution in [0.5, 0.6) is 0 Å². The number of nitrogen functional groups attached to an aromatic ring is 1. The number of rotatable bonds is 4. The van der Waals surface area contributed by atoms with Gasteiger partial charge >= 0.3 is 6.09 Å². The number of ether oxygens (including phenoxy) is 2. The molecule has 1 atom stereocenters. The van der Waals surface area contributed by atoms with Gasteiger partial charge < -0.3 is 25.0 Å². The summed E-state index contributed by atoms with van der Waals surface area (Å²) in [6.45, 7) is 5.18. The molecule has 0 spiro atoms. The molecule has 3 aliphatic rings. The Morgan fingerprint density at radius 1 is 1.00 bits per heavy atom. The van der Waals surface area contributed by atoms with Gasteiger partial charge in [0.25, 0.3) is 0 Å². The minimum atomic E-state index is -0.421. The predicted octanol–water partition coefficient (Wildman–Crippen LogP) is 1.15. The lowest BCUT2D eigenvalue weighted by Crippen LogP contribution is -2.62. The number of nitrogens with zero attached hydrogens (tertiary/aromatic N) is 5. The maximum Gasteiger partial charge on any atom is 0.410 e. The van der Waals surface area contributed by atoms with Crippen LogP contribution in [-0.2, 0) is 15.9 Å². The molecule has 9 nitrogen and oxygen atoms in total. The van der Waals surface area contributed by atoms with Crippen molar-refractivity contribution in [2.45, 2.75) is 12.0 Å². The summed E-state index contributed by atoms with van der Waals surface area (Å²) < 4.78 is 10.9. The molecule has 1 amide bonds. The molecule has 4 heterocycles. The van der Waals surface area contributed by atoms with Crippen LogP contribution >= 0.6 is 0 Å². The van der Waals surface area contributed by atoms with E-state index in [9.17, 15) is 4.79 Å². The van der Waals surface area contributed by atoms with Crippen LogP contribution < -0.4 is 15.5 Å². The van der Waals surface area contributed by atoms with Gasteiger partial charge in [-0.2, -0.15) is 9.97 Å². The molecule has 9 heteroatoms. The first-order valence-corrected chi connectivity index (χ1v) is 10.3. The molecule has 1 unspecified atom stereocenters. The van der Waals surface area contributed by atoms with Crippen LogP contribution in [0.3, 0.4) is 0 Å². The first kappa shape index (κ1) is 18.9. The van der Waals surface area contributed by atoms with Crippen molar-refractivity contribution in [2.75, 3.05) is 68.1 Å². The van der Waals surface area contributed by atoms with E-state index in [2.05, 4.69) is 31.9 Å². The van der Waals surface area contributed by atoms with Gasteiger partial charge in [0.2, 0.25) is 5.95 Å². The van der Waals surface area contributed by atoms with Crippen LogP contribution in [0.1, 0.15) is 5.56 Å². The standard InChI is InChI=1S/C21H26N6O3/c22-19-23-17(25-8-10-29-11-9-25)12-18(24-19)26-6-7-27-20(28)30-15-21(27,14-26)13-16-4-2-1-3-5-16/h1-5,12H,6-11,13-15H2,(H2,22,23,24). The molecule has 30 heavy (non-hydrogen) atoms. The second-order valence-electron chi connectivity index (χ2n) is 8.06. The molecule has 2 N–H and O–H groups in total. The number of amides is 1. The van der Waals surface area contributed by atoms with Crippen molar-refractivity contribution in [1.82, 2.24) is 14.9 Å². The van der Waals surface area contributed by atoms with Gasteiger partial charge in [-0.15, -0.1) is 0 Å². The zero-order chi connectivity index (χ0) is 20.6. The molecule has 3 aliphatic heterocycles. The van der Waals surface area contributed by atoms with E-state index in [1.54, 1.807) is 0 Å². The Labute approximate surface area is 175 Å². The van der Waals surface area contributed by atoms with Crippen molar-refractivity contribution >= 4 is 23.7 Å². The van der Waals surface area contributed by atoms with Crippen molar-refractivity contribution in [3.05, 3.63) is 42.0 Å². The summed E-state index contributed by atoms with van der Waals surface area (Å²) in [4.78, 5) is 27.6. The van der Waals surface area contributed by atoms with E-state index in [1.165, 1.54) is 5.56 Å². The topological polar surface area (TPSA) is 97.1 Å². The lowest BCUT2D eigenvalue weighted by Gasteiger charge is -2.45. The first-order chi connectivity index (χ1) is 14.6. The average Bonchev–Trinajstić information content (AvgIpc) is 3.10. The summed E-state index contributed by atoms with van der Waals surface area (Å²) in [6, 6.07) is 12.2. The van der Waals surface area contributed by atoms with Crippen molar-refractivity contribution in [3.63, 3.8) is 0 Å². The Bertz CT molecular complexity index is 920. The third-order valence-corrected chi connectivity index (χ3v) is 6.09. The summed E-state index contributed by atoms with van der Waals surface area (Å²) in [7, 11) is 0. The van der Waals surface area contributed by atoms with Gasteiger partial charge in [-0.3, -0.25) is 4.90 Å². The number of cyclic esters (lactones) is 1. The zero-order valence-electron chi connectivity index (χ0n) is 16.9. The van der Waals surface area contributed by atoms with Crippen LogP contribution in [0.25, 0.3) is 0 Å². The fraction of sp³-hybridized carbons (Fsp3) is 0.476. The molecule has 5 rings (SSSR count). The second-order valence-corrected chi connectivity index (χ2v) is 8.06. The number of hydrogen-bond acceptors (Lipinski definition) is 8. The van der Waals surface area contributed by atoms with Gasteiger partial charge in [-0.1, -0.05) is 30.3 Å². The zero-order valence-corrected chi connectivity index (χ0v) is 16.9. The van der Waals surface area contributed by atoms with Crippen LogP contribution in [0.4, 0.5) is 22.4 Å². The highest BCUT2D eigenvalue weighted by Crippen LogP contribution is 2.34. The Morgan fingerprint density at radius 3 is 2.50 bits per heavy atom. The van der Waals surface area contributed by atoms with Crippen molar-refractivity contribution in [3.8, 4) is 0 Å². The summed E-state index contributed by atoms with van der Waals surface area (Å²) in [6.07, 6.45) is 0.495. The summed E-state index contributed by atoms with van der Waals surface area (Å²) in [5.41, 5.74) is 6.82. The molecule has 158 valence electrons. The highest BCUT2D eigenvalue weighted by molar-refractivity contribution is 5.72. The number of nitrogens with two attached hydrogens (primary N) is 1. The van der Waals surface area contributed by atoms with Crippen LogP contribution in [0.2, 0.25) is 0 Å². The third kappa shape index (κ3) is 3.49. The van der Waals surface area contributed by atoms with Gasteiger partial charge in [0.1, 0.15) is 23.8 Å². The van der Waals surface area contributed by atoms with Gasteiger partial charge in [0.15, 0.2) is 0 Å². The predicted molar refractivity (Wildman–Crippen MR) is 113 cm³/mol. The Morgan fingerprint density at radius 2 is 1.73 bits per heavy atom. The molecular weight excluding hydrogens is 384 g/mol. The number of carbonyl (C=O) groups is 1. The van der Waals surface area contributed by atoms with Crippen LogP contribution in [0.15, 0.2) is 36.4 Å². The minimum absolute atomic E-state index is 0.234. The van der Waals surface area contributed by atoms with Gasteiger partial charge in [-0.05, 0) is 5.56 Å². The first-order valence-electron chi connectivity index (χ1n) is 10.3. The fourth-order valence-electron chi connectivity index (χ4n) is 4.59. The van der Waals surface area contributed by atoms with Gasteiger partial charge in [0, 0.05) is 45.2 Å². The number of morpholine rings is 1. The quantitative estimate of drug-likeness (QED) is 0.802. The number of fused-ring (bicyclic) bond motifs is 1. The Kier molecular flexibility index (Phi) is 4.82. The van der Waals surface area contributed by atoms with Crippen molar-refractivity contribution < 1.29 is 14.3 Å². The summed E-state index contributed by atoms with van der Waals surface area (Å²) >= 11 is 0. The maximum atomic E-state index is 12.4. The number of carbonyl (C=O) groups excluding carboxylic acids is 1. The number of piperazine rings is 1. The summed E-state index contributed by atoms with van der Waals surface area (Å²) in [5.74, 6) is 1.86. The minimum Gasteiger partial charge on any atom is -0.447 e. The highest BCUT2D eigenvalue weighted by Gasteiger charge is 2.51. The molecule has 3 saturated heterocycles. The normalized spacial score (nSPS) is 24.0. The van der Waals surface area contributed by atoms with E-state index < -0.39 is 5.54 Å². The third-order valence-electron chi connectivity index (χ3n) is 6.09. The average molecular weight is 410 g/mol. The molecular formula is C21H26N6O3. The largest absolute Gasteiger partial charge is 0.447 e. The molecule has 0 bridgehead atoms. The van der Waals surface area contributed by atoms with E-state index >= 15 is 0 Å². The lowest BCUT2D eigenvalue weighted by molar-refractivity contribution is 0.122. The summed E-state index contributed by atoms with van der Waals surface area (Å²) in [5, 5.41) is 0. The Hall–Kier alpha value is -3.07. The van der Waals surface area contributed by atoms with Gasteiger partial charge in [0.05, 0.1) is 13.2 Å². The van der Waals surface area contributed by atoms with E-state index in [-0.39, 0.29) is 12.0 Å². The number of aromatic nitrogens is 2. The van der Waals surface area contributed by atoms with E-state index in [4.69, 9.17) is 15.2 Å². The maximum absolute atomic E-state index is 12.4. The number of hydrogen-bond donors (Lipinski definition) is 1. The smallest absolute Gasteiger partial charge is 0.410 e. The molecule has 0 aliphatic carbocycles. The van der Waals surface area contributed by atoms with Gasteiger partial charge in [-0.25, -0.2) is 4.79 Å². The molecule has 0 saturated carbocycles. The lowest BCUT2D eigenvalue weighted by atomic mass is 9.88. The fourth-order valence-corrected chi connectivity index (χ4v) is 4.59. The Balaban J connectivity index is 1.43. The SMILES string of the molecule is Nc1nc(N2CCOCC2)cc(N2CCN3C(=O)OCC3(Cc3ccccc3)C2)n1. The molecule has 3 fully saturated rings. The van der Waals surface area contributed by atoms with E-state index in [0.29, 0.717) is 39.5 Å². The number of benzene rings is 1. The van der Waals surface area contributed by atoms with Crippen molar-refractivity contribution in [2.24, 2.45) is 0 Å². The highest BCUT2D eigenvalue weighted by atomic mass is 16.6. The monoisotopic (exact) mass is 410 g/mol. The number of anilines is 3. The molecule has 2 aromatic rings. The van der Waals surface area contributed by atoms with E-state index in [1.807, 2.05) is 29.2 Å². The van der Waals surface area contributed by atoms with Crippen LogP contribution in [-0.4, -0.2) is 79.0 Å². The van der Waals surface area contributed by atoms with Crippen LogP contribution in [0, 0.1) is 0 Å². The molecule has 1 aromatic carbocycles. The second kappa shape index (κ2) is 7.64.